The lowest BCUT2D eigenvalue weighted by Gasteiger charge is -2.27. The predicted octanol–water partition coefficient (Wildman–Crippen LogP) is 2.46. The maximum atomic E-state index is 12.9. The predicted molar refractivity (Wildman–Crippen MR) is 117 cm³/mol. The van der Waals surface area contributed by atoms with E-state index < -0.39 is 35.2 Å². The van der Waals surface area contributed by atoms with E-state index in [0.29, 0.717) is 6.42 Å². The molecule has 0 spiro atoms. The average Bonchev–Trinajstić information content (AvgIpc) is 2.77. The van der Waals surface area contributed by atoms with Gasteiger partial charge in [-0.1, -0.05) is 67.6 Å². The molecule has 2 aromatic rings. The maximum absolute atomic E-state index is 12.9. The normalized spacial score (nSPS) is 14.8. The van der Waals surface area contributed by atoms with Gasteiger partial charge < -0.3 is 21.3 Å². The lowest BCUT2D eigenvalue weighted by molar-refractivity contribution is -0.150. The number of hydrogen-bond acceptors (Lipinski definition) is 6. The highest BCUT2D eigenvalue weighted by Crippen LogP contribution is 2.21. The van der Waals surface area contributed by atoms with E-state index in [1.807, 2.05) is 60.7 Å². The Kier molecular flexibility index (Phi) is 8.90. The number of carboxylic acids is 1. The SMILES string of the molecule is CC(Cc1ccccc1)C(=O)[C@](N)(CCCC(N)C(=O)OCc1ccccc1)C(=O)O. The second-order valence-corrected chi connectivity index (χ2v) is 7.82. The molecule has 0 aliphatic rings. The zero-order chi connectivity index (χ0) is 22.9. The maximum Gasteiger partial charge on any atom is 0.331 e. The average molecular weight is 427 g/mol. The molecule has 0 bridgehead atoms. The molecule has 166 valence electrons. The van der Waals surface area contributed by atoms with Crippen molar-refractivity contribution in [1.29, 1.82) is 0 Å². The Labute approximate surface area is 182 Å². The molecule has 0 heterocycles. The van der Waals surface area contributed by atoms with E-state index in [-0.39, 0.29) is 25.9 Å². The Morgan fingerprint density at radius 2 is 1.55 bits per heavy atom. The highest BCUT2D eigenvalue weighted by Gasteiger charge is 2.43. The number of nitrogens with two attached hydrogens (primary N) is 2. The molecular weight excluding hydrogens is 396 g/mol. The van der Waals surface area contributed by atoms with Crippen molar-refractivity contribution in [3.8, 4) is 0 Å². The summed E-state index contributed by atoms with van der Waals surface area (Å²) in [7, 11) is 0. The molecule has 0 aromatic heterocycles. The van der Waals surface area contributed by atoms with Gasteiger partial charge in [0.05, 0.1) is 0 Å². The minimum atomic E-state index is -2.03. The van der Waals surface area contributed by atoms with E-state index in [9.17, 15) is 19.5 Å². The Morgan fingerprint density at radius 1 is 1.00 bits per heavy atom. The molecule has 0 radical (unpaired) electrons. The Morgan fingerprint density at radius 3 is 2.10 bits per heavy atom. The summed E-state index contributed by atoms with van der Waals surface area (Å²) in [6.45, 7) is 1.78. The molecule has 31 heavy (non-hydrogen) atoms. The van der Waals surface area contributed by atoms with Crippen LogP contribution < -0.4 is 11.5 Å². The van der Waals surface area contributed by atoms with Crippen molar-refractivity contribution >= 4 is 17.7 Å². The molecule has 5 N–H and O–H groups in total. The summed E-state index contributed by atoms with van der Waals surface area (Å²) in [5.41, 5.74) is 11.7. The van der Waals surface area contributed by atoms with Crippen molar-refractivity contribution < 1.29 is 24.2 Å². The van der Waals surface area contributed by atoms with Crippen LogP contribution in [0.2, 0.25) is 0 Å². The number of carbonyl (C=O) groups is 3. The van der Waals surface area contributed by atoms with Crippen LogP contribution in [0.4, 0.5) is 0 Å². The van der Waals surface area contributed by atoms with Gasteiger partial charge in [-0.05, 0) is 36.8 Å². The van der Waals surface area contributed by atoms with Crippen LogP contribution in [-0.4, -0.2) is 34.4 Å². The van der Waals surface area contributed by atoms with Gasteiger partial charge in [0.1, 0.15) is 12.6 Å². The molecule has 0 fully saturated rings. The van der Waals surface area contributed by atoms with Crippen LogP contribution in [0, 0.1) is 5.92 Å². The van der Waals surface area contributed by atoms with Crippen molar-refractivity contribution in [3.63, 3.8) is 0 Å². The van der Waals surface area contributed by atoms with Gasteiger partial charge in [-0.3, -0.25) is 9.59 Å². The Hall–Kier alpha value is -3.03. The number of ether oxygens (including phenoxy) is 1. The topological polar surface area (TPSA) is 133 Å². The molecule has 0 aliphatic heterocycles. The van der Waals surface area contributed by atoms with Gasteiger partial charge in [-0.25, -0.2) is 4.79 Å². The number of carboxylic acid groups (broad SMARTS) is 1. The fourth-order valence-corrected chi connectivity index (χ4v) is 3.39. The second-order valence-electron chi connectivity index (χ2n) is 7.82. The van der Waals surface area contributed by atoms with Crippen molar-refractivity contribution in [3.05, 3.63) is 71.8 Å². The monoisotopic (exact) mass is 426 g/mol. The van der Waals surface area contributed by atoms with Gasteiger partial charge in [-0.15, -0.1) is 0 Å². The summed E-state index contributed by atoms with van der Waals surface area (Å²) >= 11 is 0. The van der Waals surface area contributed by atoms with Crippen LogP contribution in [0.5, 0.6) is 0 Å². The molecule has 3 atom stereocenters. The summed E-state index contributed by atoms with van der Waals surface area (Å²) in [4.78, 5) is 36.8. The van der Waals surface area contributed by atoms with E-state index in [0.717, 1.165) is 11.1 Å². The highest BCUT2D eigenvalue weighted by atomic mass is 16.5. The van der Waals surface area contributed by atoms with E-state index in [1.165, 1.54) is 0 Å². The molecule has 7 heteroatoms. The Bertz CT molecular complexity index is 872. The van der Waals surface area contributed by atoms with Gasteiger partial charge in [-0.2, -0.15) is 0 Å². The fourth-order valence-electron chi connectivity index (χ4n) is 3.39. The smallest absolute Gasteiger partial charge is 0.331 e. The molecule has 7 nitrogen and oxygen atoms in total. The minimum absolute atomic E-state index is 0.110. The van der Waals surface area contributed by atoms with Crippen molar-refractivity contribution in [2.24, 2.45) is 17.4 Å². The molecule has 0 saturated heterocycles. The molecule has 0 saturated carbocycles. The quantitative estimate of drug-likeness (QED) is 0.351. The zero-order valence-corrected chi connectivity index (χ0v) is 17.7. The van der Waals surface area contributed by atoms with Crippen LogP contribution in [0.25, 0.3) is 0 Å². The molecule has 0 amide bonds. The lowest BCUT2D eigenvalue weighted by atomic mass is 9.80. The number of rotatable bonds is 12. The van der Waals surface area contributed by atoms with Gasteiger partial charge >= 0.3 is 11.9 Å². The molecule has 2 aromatic carbocycles. The van der Waals surface area contributed by atoms with Crippen LogP contribution in [-0.2, 0) is 32.1 Å². The number of hydrogen-bond donors (Lipinski definition) is 3. The summed E-state index contributed by atoms with van der Waals surface area (Å²) in [6, 6.07) is 17.6. The van der Waals surface area contributed by atoms with Gasteiger partial charge in [0.25, 0.3) is 0 Å². The number of esters is 1. The van der Waals surface area contributed by atoms with Crippen molar-refractivity contribution in [2.75, 3.05) is 0 Å². The van der Waals surface area contributed by atoms with Crippen molar-refractivity contribution in [2.45, 2.75) is 50.8 Å². The first kappa shape index (κ1) is 24.2. The number of aliphatic carboxylic acids is 1. The van der Waals surface area contributed by atoms with Gasteiger partial charge in [0.15, 0.2) is 11.3 Å². The number of ketones is 1. The van der Waals surface area contributed by atoms with Crippen LogP contribution in [0.15, 0.2) is 60.7 Å². The van der Waals surface area contributed by atoms with E-state index in [1.54, 1.807) is 6.92 Å². The standard InChI is InChI=1S/C24H30N2O5/c1-17(15-18-9-4-2-5-10-18)21(27)24(26,23(29)30)14-8-13-20(25)22(28)31-16-19-11-6-3-7-12-19/h2-7,9-12,17,20H,8,13-16,25-26H2,1H3,(H,29,30)/t17?,20?,24-/m1/s1. The molecule has 2 rings (SSSR count). The summed E-state index contributed by atoms with van der Waals surface area (Å²) in [5.74, 6) is -3.06. The third-order valence-electron chi connectivity index (χ3n) is 5.27. The first-order valence-electron chi connectivity index (χ1n) is 10.3. The third-order valence-corrected chi connectivity index (χ3v) is 5.27. The van der Waals surface area contributed by atoms with Crippen LogP contribution >= 0.6 is 0 Å². The first-order valence-corrected chi connectivity index (χ1v) is 10.3. The molecule has 0 aliphatic carbocycles. The zero-order valence-electron chi connectivity index (χ0n) is 17.7. The largest absolute Gasteiger partial charge is 0.480 e. The number of Topliss-reactive ketones (excluding diaryl/α,β-unsaturated/α-hetero) is 1. The number of carbonyl (C=O) groups excluding carboxylic acids is 2. The molecular formula is C24H30N2O5. The van der Waals surface area contributed by atoms with Crippen LogP contribution in [0.1, 0.15) is 37.3 Å². The Balaban J connectivity index is 1.87. The highest BCUT2D eigenvalue weighted by molar-refractivity contribution is 6.08. The minimum Gasteiger partial charge on any atom is -0.480 e. The third kappa shape index (κ3) is 7.01. The summed E-state index contributed by atoms with van der Waals surface area (Å²) < 4.78 is 5.19. The number of benzene rings is 2. The van der Waals surface area contributed by atoms with Crippen molar-refractivity contribution in [1.82, 2.24) is 0 Å². The summed E-state index contributed by atoms with van der Waals surface area (Å²) in [6.07, 6.45) is 0.658. The lowest BCUT2D eigenvalue weighted by Crippen LogP contribution is -2.57. The first-order chi connectivity index (χ1) is 14.7. The van der Waals surface area contributed by atoms with Crippen LogP contribution in [0.3, 0.4) is 0 Å². The van der Waals surface area contributed by atoms with E-state index in [2.05, 4.69) is 0 Å². The van der Waals surface area contributed by atoms with E-state index in [4.69, 9.17) is 16.2 Å². The fraction of sp³-hybridized carbons (Fsp3) is 0.375. The second kappa shape index (κ2) is 11.4. The molecule has 2 unspecified atom stereocenters. The van der Waals surface area contributed by atoms with E-state index >= 15 is 0 Å². The van der Waals surface area contributed by atoms with Gasteiger partial charge in [0.2, 0.25) is 0 Å². The van der Waals surface area contributed by atoms with Gasteiger partial charge in [0, 0.05) is 5.92 Å². The summed E-state index contributed by atoms with van der Waals surface area (Å²) in [5, 5.41) is 9.63.